The number of anilines is 1. The van der Waals surface area contributed by atoms with Crippen LogP contribution in [0.5, 0.6) is 5.75 Å². The lowest BCUT2D eigenvalue weighted by atomic mass is 10.1. The van der Waals surface area contributed by atoms with Crippen molar-refractivity contribution < 1.29 is 5.11 Å². The number of benzene rings is 2. The zero-order valence-electron chi connectivity index (χ0n) is 10.5. The number of nitrogens with one attached hydrogen (secondary N) is 1. The molecule has 0 saturated carbocycles. The first-order valence-electron chi connectivity index (χ1n) is 5.85. The number of rotatable bonds is 3. The molecule has 0 bridgehead atoms. The highest BCUT2D eigenvalue weighted by Gasteiger charge is 2.00. The highest BCUT2D eigenvalue weighted by Crippen LogP contribution is 2.24. The van der Waals surface area contributed by atoms with Gasteiger partial charge in [0.25, 0.3) is 0 Å². The second-order valence-corrected chi connectivity index (χ2v) is 5.29. The van der Waals surface area contributed by atoms with E-state index < -0.39 is 0 Å². The van der Waals surface area contributed by atoms with Crippen LogP contribution in [0.3, 0.4) is 0 Å². The lowest BCUT2D eigenvalue weighted by Crippen LogP contribution is -1.99. The van der Waals surface area contributed by atoms with Crippen molar-refractivity contribution in [3.63, 3.8) is 0 Å². The van der Waals surface area contributed by atoms with Gasteiger partial charge in [0.15, 0.2) is 0 Å². The SMILES string of the molecule is Cc1ccc(NCc2ccc(O)c(Br)c2)cc1C. The summed E-state index contributed by atoms with van der Waals surface area (Å²) < 4.78 is 0.724. The Balaban J connectivity index is 2.06. The largest absolute Gasteiger partial charge is 0.507 e. The number of aromatic hydroxyl groups is 1. The molecule has 0 aromatic heterocycles. The first-order valence-corrected chi connectivity index (χ1v) is 6.64. The molecule has 3 heteroatoms. The molecule has 0 atom stereocenters. The number of halogens is 1. The summed E-state index contributed by atoms with van der Waals surface area (Å²) in [6.07, 6.45) is 0. The fourth-order valence-corrected chi connectivity index (χ4v) is 2.14. The third-order valence-corrected chi connectivity index (χ3v) is 3.65. The maximum atomic E-state index is 9.43. The van der Waals surface area contributed by atoms with Crippen LogP contribution in [-0.4, -0.2) is 5.11 Å². The van der Waals surface area contributed by atoms with Crippen LogP contribution in [0, 0.1) is 13.8 Å². The van der Waals surface area contributed by atoms with Gasteiger partial charge in [-0.3, -0.25) is 0 Å². The highest BCUT2D eigenvalue weighted by atomic mass is 79.9. The van der Waals surface area contributed by atoms with Gasteiger partial charge in [0, 0.05) is 12.2 Å². The number of hydrogen-bond donors (Lipinski definition) is 2. The number of aryl methyl sites for hydroxylation is 2. The van der Waals surface area contributed by atoms with E-state index >= 15 is 0 Å². The van der Waals surface area contributed by atoms with Crippen LogP contribution in [0.25, 0.3) is 0 Å². The average Bonchev–Trinajstić information content (AvgIpc) is 2.35. The van der Waals surface area contributed by atoms with Gasteiger partial charge < -0.3 is 10.4 Å². The van der Waals surface area contributed by atoms with Crippen molar-refractivity contribution in [1.82, 2.24) is 0 Å². The number of phenols is 1. The van der Waals surface area contributed by atoms with Gasteiger partial charge in [-0.25, -0.2) is 0 Å². The minimum atomic E-state index is 0.268. The Morgan fingerprint density at radius 3 is 2.50 bits per heavy atom. The van der Waals surface area contributed by atoms with Crippen LogP contribution < -0.4 is 5.32 Å². The maximum Gasteiger partial charge on any atom is 0.129 e. The van der Waals surface area contributed by atoms with E-state index in [1.54, 1.807) is 6.07 Å². The fourth-order valence-electron chi connectivity index (χ4n) is 1.72. The van der Waals surface area contributed by atoms with Gasteiger partial charge in [0.2, 0.25) is 0 Å². The van der Waals surface area contributed by atoms with Crippen molar-refractivity contribution in [3.8, 4) is 5.75 Å². The molecule has 0 saturated heterocycles. The Morgan fingerprint density at radius 2 is 1.83 bits per heavy atom. The Morgan fingerprint density at radius 1 is 1.06 bits per heavy atom. The van der Waals surface area contributed by atoms with Crippen molar-refractivity contribution in [1.29, 1.82) is 0 Å². The Hall–Kier alpha value is -1.48. The minimum Gasteiger partial charge on any atom is -0.507 e. The van der Waals surface area contributed by atoms with Crippen LogP contribution in [0.1, 0.15) is 16.7 Å². The van der Waals surface area contributed by atoms with E-state index in [1.165, 1.54) is 11.1 Å². The molecule has 0 aliphatic carbocycles. The van der Waals surface area contributed by atoms with E-state index in [1.807, 2.05) is 12.1 Å². The molecule has 0 unspecified atom stereocenters. The summed E-state index contributed by atoms with van der Waals surface area (Å²) in [5.41, 5.74) is 4.82. The summed E-state index contributed by atoms with van der Waals surface area (Å²) in [6, 6.07) is 11.9. The average molecular weight is 306 g/mol. The van der Waals surface area contributed by atoms with Gasteiger partial charge in [0.05, 0.1) is 4.47 Å². The molecular formula is C15H16BrNO. The predicted octanol–water partition coefficient (Wildman–Crippen LogP) is 4.38. The summed E-state index contributed by atoms with van der Waals surface area (Å²) in [4.78, 5) is 0. The van der Waals surface area contributed by atoms with E-state index in [2.05, 4.69) is 53.3 Å². The minimum absolute atomic E-state index is 0.268. The molecular weight excluding hydrogens is 290 g/mol. The van der Waals surface area contributed by atoms with Crippen LogP contribution in [0.15, 0.2) is 40.9 Å². The highest BCUT2D eigenvalue weighted by molar-refractivity contribution is 9.10. The molecule has 2 N–H and O–H groups in total. The smallest absolute Gasteiger partial charge is 0.129 e. The molecule has 2 aromatic carbocycles. The second kappa shape index (κ2) is 5.44. The summed E-state index contributed by atoms with van der Waals surface area (Å²) >= 11 is 3.32. The normalized spacial score (nSPS) is 10.4. The molecule has 0 amide bonds. The first kappa shape index (κ1) is 13.0. The van der Waals surface area contributed by atoms with Gasteiger partial charge >= 0.3 is 0 Å². The Bertz CT molecular complexity index is 515. The molecule has 2 aromatic rings. The maximum absolute atomic E-state index is 9.43. The molecule has 0 aliphatic heterocycles. The molecule has 0 spiro atoms. The van der Waals surface area contributed by atoms with E-state index in [4.69, 9.17) is 0 Å². The van der Waals surface area contributed by atoms with Crippen LogP contribution in [0.2, 0.25) is 0 Å². The molecule has 18 heavy (non-hydrogen) atoms. The summed E-state index contributed by atoms with van der Waals surface area (Å²) in [7, 11) is 0. The zero-order valence-corrected chi connectivity index (χ0v) is 12.1. The lowest BCUT2D eigenvalue weighted by Gasteiger charge is -2.09. The van der Waals surface area contributed by atoms with Crippen LogP contribution in [-0.2, 0) is 6.54 Å². The van der Waals surface area contributed by atoms with Crippen molar-refractivity contribution in [2.75, 3.05) is 5.32 Å². The van der Waals surface area contributed by atoms with E-state index in [0.717, 1.165) is 22.3 Å². The third-order valence-electron chi connectivity index (χ3n) is 3.02. The van der Waals surface area contributed by atoms with Gasteiger partial charge in [-0.15, -0.1) is 0 Å². The molecule has 0 radical (unpaired) electrons. The summed E-state index contributed by atoms with van der Waals surface area (Å²) in [6.45, 7) is 4.95. The first-order chi connectivity index (χ1) is 8.56. The van der Waals surface area contributed by atoms with E-state index in [0.29, 0.717) is 0 Å². The van der Waals surface area contributed by atoms with E-state index in [9.17, 15) is 5.11 Å². The van der Waals surface area contributed by atoms with Gasteiger partial charge in [-0.2, -0.15) is 0 Å². The van der Waals surface area contributed by atoms with Crippen molar-refractivity contribution in [2.24, 2.45) is 0 Å². The van der Waals surface area contributed by atoms with Gasteiger partial charge in [-0.05, 0) is 70.7 Å². The van der Waals surface area contributed by atoms with Crippen LogP contribution >= 0.6 is 15.9 Å². The summed E-state index contributed by atoms with van der Waals surface area (Å²) in [5.74, 6) is 0.268. The monoisotopic (exact) mass is 305 g/mol. The summed E-state index contributed by atoms with van der Waals surface area (Å²) in [5, 5.41) is 12.8. The third kappa shape index (κ3) is 3.05. The van der Waals surface area contributed by atoms with Gasteiger partial charge in [0.1, 0.15) is 5.75 Å². The molecule has 0 aliphatic rings. The lowest BCUT2D eigenvalue weighted by molar-refractivity contribution is 0.471. The molecule has 0 heterocycles. The zero-order chi connectivity index (χ0) is 13.1. The predicted molar refractivity (Wildman–Crippen MR) is 79.0 cm³/mol. The second-order valence-electron chi connectivity index (χ2n) is 4.44. The molecule has 0 fully saturated rings. The topological polar surface area (TPSA) is 32.3 Å². The van der Waals surface area contributed by atoms with Crippen molar-refractivity contribution in [3.05, 3.63) is 57.6 Å². The quantitative estimate of drug-likeness (QED) is 0.882. The van der Waals surface area contributed by atoms with Gasteiger partial charge in [-0.1, -0.05) is 12.1 Å². The van der Waals surface area contributed by atoms with Crippen molar-refractivity contribution in [2.45, 2.75) is 20.4 Å². The molecule has 2 nitrogen and oxygen atoms in total. The standard InChI is InChI=1S/C15H16BrNO/c1-10-3-5-13(7-11(10)2)17-9-12-4-6-15(18)14(16)8-12/h3-8,17-18H,9H2,1-2H3. The fraction of sp³-hybridized carbons (Fsp3) is 0.200. The molecule has 94 valence electrons. The number of phenolic OH excluding ortho intramolecular Hbond substituents is 1. The Labute approximate surface area is 116 Å². The van der Waals surface area contributed by atoms with Crippen molar-refractivity contribution >= 4 is 21.6 Å². The van der Waals surface area contributed by atoms with E-state index in [-0.39, 0.29) is 5.75 Å². The molecule has 2 rings (SSSR count). The number of hydrogen-bond acceptors (Lipinski definition) is 2. The Kier molecular flexibility index (Phi) is 3.92. The van der Waals surface area contributed by atoms with Crippen LogP contribution in [0.4, 0.5) is 5.69 Å².